The number of aliphatic hydroxyl groups is 1. The molecule has 0 saturated heterocycles. The van der Waals surface area contributed by atoms with E-state index in [1.54, 1.807) is 12.1 Å². The Balaban J connectivity index is 1.53. The molecule has 0 amide bonds. The molecular weight excluding hydrogens is 462 g/mol. The van der Waals surface area contributed by atoms with E-state index in [0.29, 0.717) is 24.5 Å². The first-order chi connectivity index (χ1) is 16.9. The van der Waals surface area contributed by atoms with Crippen LogP contribution in [-0.4, -0.2) is 44.0 Å². The third-order valence-electron chi connectivity index (χ3n) is 8.29. The van der Waals surface area contributed by atoms with Crippen molar-refractivity contribution in [2.75, 3.05) is 31.7 Å². The molecule has 1 heterocycles. The summed E-state index contributed by atoms with van der Waals surface area (Å²) < 4.78 is 11.5. The van der Waals surface area contributed by atoms with Crippen LogP contribution in [0.5, 0.6) is 5.75 Å². The molecule has 2 aliphatic carbocycles. The van der Waals surface area contributed by atoms with E-state index in [-0.39, 0.29) is 23.4 Å². The smallest absolute Gasteiger partial charge is 0.337 e. The van der Waals surface area contributed by atoms with Crippen LogP contribution in [0.25, 0.3) is 0 Å². The Morgan fingerprint density at radius 2 is 2.20 bits per heavy atom. The van der Waals surface area contributed by atoms with Crippen LogP contribution in [-0.2, 0) is 16.6 Å². The Labute approximate surface area is 212 Å². The number of anilines is 1. The maximum atomic E-state index is 12.3. The lowest BCUT2D eigenvalue weighted by molar-refractivity contribution is 0.0178. The van der Waals surface area contributed by atoms with Crippen LogP contribution < -0.4 is 9.64 Å². The third kappa shape index (κ3) is 4.56. The van der Waals surface area contributed by atoms with Gasteiger partial charge < -0.3 is 19.5 Å². The van der Waals surface area contributed by atoms with Crippen molar-refractivity contribution < 1.29 is 19.4 Å². The normalized spacial score (nSPS) is 26.0. The molecule has 35 heavy (non-hydrogen) atoms. The van der Waals surface area contributed by atoms with E-state index >= 15 is 0 Å². The van der Waals surface area contributed by atoms with Gasteiger partial charge >= 0.3 is 5.97 Å². The molecule has 0 unspecified atom stereocenters. The highest BCUT2D eigenvalue weighted by atomic mass is 35.5. The Kier molecular flexibility index (Phi) is 6.82. The predicted octanol–water partition coefficient (Wildman–Crippen LogP) is 5.56. The van der Waals surface area contributed by atoms with E-state index in [1.165, 1.54) is 18.2 Å². The van der Waals surface area contributed by atoms with E-state index in [1.807, 2.05) is 18.2 Å². The van der Waals surface area contributed by atoms with Gasteiger partial charge in [-0.05, 0) is 91.8 Å². The van der Waals surface area contributed by atoms with Gasteiger partial charge in [0.1, 0.15) is 5.75 Å². The zero-order valence-electron chi connectivity index (χ0n) is 20.3. The number of aryl methyl sites for hydroxylation is 1. The average Bonchev–Trinajstić information content (AvgIpc) is 2.98. The number of esters is 1. The molecular formula is C29H34ClNO4. The Morgan fingerprint density at radius 3 is 2.94 bits per heavy atom. The maximum absolute atomic E-state index is 12.3. The van der Waals surface area contributed by atoms with Crippen molar-refractivity contribution in [3.05, 3.63) is 70.8 Å². The van der Waals surface area contributed by atoms with Gasteiger partial charge in [0.25, 0.3) is 0 Å². The molecule has 2 aromatic rings. The van der Waals surface area contributed by atoms with Crippen molar-refractivity contribution >= 4 is 23.3 Å². The van der Waals surface area contributed by atoms with E-state index in [9.17, 15) is 9.90 Å². The highest BCUT2D eigenvalue weighted by Crippen LogP contribution is 2.46. The fourth-order valence-corrected chi connectivity index (χ4v) is 6.51. The van der Waals surface area contributed by atoms with Gasteiger partial charge in [0.15, 0.2) is 0 Å². The zero-order chi connectivity index (χ0) is 24.6. The second kappa shape index (κ2) is 9.87. The van der Waals surface area contributed by atoms with E-state index in [0.717, 1.165) is 61.7 Å². The zero-order valence-corrected chi connectivity index (χ0v) is 21.1. The second-order valence-electron chi connectivity index (χ2n) is 10.4. The summed E-state index contributed by atoms with van der Waals surface area (Å²) in [6, 6.07) is 11.8. The molecule has 1 N–H and O–H groups in total. The lowest BCUT2D eigenvalue weighted by Gasteiger charge is -2.45. The molecule has 1 aliphatic heterocycles. The lowest BCUT2D eigenvalue weighted by atomic mass is 9.68. The first-order valence-electron chi connectivity index (χ1n) is 12.6. The van der Waals surface area contributed by atoms with Crippen LogP contribution in [0.3, 0.4) is 0 Å². The lowest BCUT2D eigenvalue weighted by Crippen LogP contribution is -2.49. The van der Waals surface area contributed by atoms with Crippen LogP contribution in [0, 0.1) is 11.8 Å². The van der Waals surface area contributed by atoms with Crippen molar-refractivity contribution in [2.45, 2.75) is 50.0 Å². The van der Waals surface area contributed by atoms with Crippen LogP contribution >= 0.6 is 11.6 Å². The van der Waals surface area contributed by atoms with Crippen molar-refractivity contribution in [3.63, 3.8) is 0 Å². The topological polar surface area (TPSA) is 59.0 Å². The van der Waals surface area contributed by atoms with Gasteiger partial charge in [-0.1, -0.05) is 23.7 Å². The first-order valence-corrected chi connectivity index (χ1v) is 13.0. The number of hydrogen-bond donors (Lipinski definition) is 1. The molecule has 1 fully saturated rings. The summed E-state index contributed by atoms with van der Waals surface area (Å²) in [4.78, 5) is 14.7. The number of hydrogen-bond acceptors (Lipinski definition) is 5. The summed E-state index contributed by atoms with van der Waals surface area (Å²) in [6.45, 7) is 5.98. The molecule has 186 valence electrons. The Bertz CT molecular complexity index is 1120. The molecule has 3 aliphatic rings. The first kappa shape index (κ1) is 24.2. The number of ether oxygens (including phenoxy) is 2. The number of carbonyl (C=O) groups is 1. The molecule has 6 heteroatoms. The quantitative estimate of drug-likeness (QED) is 0.420. The number of halogens is 1. The van der Waals surface area contributed by atoms with Gasteiger partial charge in [-0.15, -0.1) is 6.58 Å². The fourth-order valence-electron chi connectivity index (χ4n) is 6.32. The molecule has 0 bridgehead atoms. The minimum absolute atomic E-state index is 0.165. The molecule has 0 radical (unpaired) electrons. The molecule has 4 atom stereocenters. The number of fused-ring (bicyclic) bond motifs is 3. The van der Waals surface area contributed by atoms with Gasteiger partial charge in [-0.25, -0.2) is 4.79 Å². The van der Waals surface area contributed by atoms with E-state index in [4.69, 9.17) is 21.1 Å². The molecule has 1 spiro atoms. The fraction of sp³-hybridized carbons (Fsp3) is 0.483. The van der Waals surface area contributed by atoms with Gasteiger partial charge in [-0.3, -0.25) is 0 Å². The Hall–Kier alpha value is -2.50. The molecule has 5 nitrogen and oxygen atoms in total. The number of aliphatic hydroxyl groups excluding tert-OH is 1. The molecule has 2 aromatic carbocycles. The largest absolute Gasteiger partial charge is 0.490 e. The van der Waals surface area contributed by atoms with Crippen molar-refractivity contribution in [1.29, 1.82) is 0 Å². The average molecular weight is 496 g/mol. The maximum Gasteiger partial charge on any atom is 0.337 e. The summed E-state index contributed by atoms with van der Waals surface area (Å²) in [5, 5.41) is 11.4. The van der Waals surface area contributed by atoms with Crippen LogP contribution in [0.15, 0.2) is 49.1 Å². The molecule has 1 saturated carbocycles. The van der Waals surface area contributed by atoms with Gasteiger partial charge in [0.05, 0.1) is 31.1 Å². The molecule has 5 rings (SSSR count). The summed E-state index contributed by atoms with van der Waals surface area (Å²) in [6.07, 6.45) is 7.31. The SMILES string of the molecule is C=CC[C@@H](O)[C@@H]1CC[C@H]1CN1C[C@@]2(CCCc3cc(Cl)ccc32)COc2ccc(C(=O)OC)cc21. The van der Waals surface area contributed by atoms with Gasteiger partial charge in [0.2, 0.25) is 0 Å². The van der Waals surface area contributed by atoms with Crippen molar-refractivity contribution in [3.8, 4) is 5.75 Å². The van der Waals surface area contributed by atoms with Crippen molar-refractivity contribution in [2.24, 2.45) is 11.8 Å². The number of benzene rings is 2. The van der Waals surface area contributed by atoms with Crippen LogP contribution in [0.2, 0.25) is 5.02 Å². The van der Waals surface area contributed by atoms with Crippen LogP contribution in [0.4, 0.5) is 5.69 Å². The number of nitrogens with zero attached hydrogens (tertiary/aromatic N) is 1. The minimum Gasteiger partial charge on any atom is -0.490 e. The molecule has 0 aromatic heterocycles. The predicted molar refractivity (Wildman–Crippen MR) is 139 cm³/mol. The summed E-state index contributed by atoms with van der Waals surface area (Å²) in [5.41, 5.74) is 3.90. The summed E-state index contributed by atoms with van der Waals surface area (Å²) >= 11 is 6.35. The highest BCUT2D eigenvalue weighted by molar-refractivity contribution is 6.30. The summed E-state index contributed by atoms with van der Waals surface area (Å²) in [7, 11) is 1.40. The van der Waals surface area contributed by atoms with E-state index in [2.05, 4.69) is 23.6 Å². The van der Waals surface area contributed by atoms with E-state index < -0.39 is 0 Å². The monoisotopic (exact) mass is 495 g/mol. The number of methoxy groups -OCH3 is 1. The number of rotatable bonds is 6. The van der Waals surface area contributed by atoms with Crippen LogP contribution in [0.1, 0.15) is 53.6 Å². The second-order valence-corrected chi connectivity index (χ2v) is 10.8. The third-order valence-corrected chi connectivity index (χ3v) is 8.53. The Morgan fingerprint density at radius 1 is 1.34 bits per heavy atom. The summed E-state index contributed by atoms with van der Waals surface area (Å²) in [5.74, 6) is 1.08. The highest BCUT2D eigenvalue weighted by Gasteiger charge is 2.44. The van der Waals surface area contributed by atoms with Gasteiger partial charge in [0, 0.05) is 23.5 Å². The number of carbonyl (C=O) groups excluding carboxylic acids is 1. The van der Waals surface area contributed by atoms with Crippen molar-refractivity contribution in [1.82, 2.24) is 0 Å². The standard InChI is InChI=1S/C29H34ClNO4/c1-3-5-26(32)23-10-7-21(23)16-31-17-29(13-4-6-19-14-22(30)9-11-24(19)29)18-35-27-12-8-20(15-25(27)31)28(33)34-2/h3,8-9,11-12,14-15,21,23,26,32H,1,4-7,10,13,16-18H2,2H3/t21-,23+,26+,29-/m0/s1. The van der Waals surface area contributed by atoms with Gasteiger partial charge in [-0.2, -0.15) is 0 Å². The minimum atomic E-state index is -0.359.